The number of benzene rings is 2. The van der Waals surface area contributed by atoms with Gasteiger partial charge in [-0.2, -0.15) is 5.10 Å². The highest BCUT2D eigenvalue weighted by molar-refractivity contribution is 5.95. The Labute approximate surface area is 155 Å². The van der Waals surface area contributed by atoms with Crippen molar-refractivity contribution in [3.8, 4) is 11.4 Å². The summed E-state index contributed by atoms with van der Waals surface area (Å²) in [5.74, 6) is -0.778. The molecule has 0 aliphatic rings. The number of hydrogen-bond donors (Lipinski definition) is 2. The molecule has 7 nitrogen and oxygen atoms in total. The standard InChI is InChI=1S/C20H17N3O4/c1-27-18-9-3-5-14(12-18)19(24)22-21-13-17-8-4-10-23(17)16-7-2-6-15(11-16)20(25)26/h2-13H,1H3,(H,22,24)(H,25,26)/b21-13-. The second-order valence-electron chi connectivity index (χ2n) is 5.59. The number of carboxylic acid groups (broad SMARTS) is 1. The molecule has 27 heavy (non-hydrogen) atoms. The molecular weight excluding hydrogens is 346 g/mol. The van der Waals surface area contributed by atoms with Gasteiger partial charge in [0, 0.05) is 17.4 Å². The van der Waals surface area contributed by atoms with Crippen LogP contribution >= 0.6 is 0 Å². The van der Waals surface area contributed by atoms with E-state index in [1.54, 1.807) is 65.4 Å². The Morgan fingerprint density at radius 1 is 1.07 bits per heavy atom. The summed E-state index contributed by atoms with van der Waals surface area (Å²) in [4.78, 5) is 23.3. The maximum Gasteiger partial charge on any atom is 0.335 e. The van der Waals surface area contributed by atoms with E-state index in [4.69, 9.17) is 9.84 Å². The van der Waals surface area contributed by atoms with E-state index in [2.05, 4.69) is 10.5 Å². The quantitative estimate of drug-likeness (QED) is 0.520. The van der Waals surface area contributed by atoms with Gasteiger partial charge in [-0.25, -0.2) is 10.2 Å². The Morgan fingerprint density at radius 2 is 1.85 bits per heavy atom. The van der Waals surface area contributed by atoms with Gasteiger partial charge in [0.25, 0.3) is 5.91 Å². The zero-order chi connectivity index (χ0) is 19.2. The fraction of sp³-hybridized carbons (Fsp3) is 0.0500. The Bertz CT molecular complexity index is 1010. The van der Waals surface area contributed by atoms with Crippen LogP contribution in [-0.4, -0.2) is 34.9 Å². The van der Waals surface area contributed by atoms with Crippen molar-refractivity contribution in [2.75, 3.05) is 7.11 Å². The van der Waals surface area contributed by atoms with Gasteiger partial charge in [0.1, 0.15) is 5.75 Å². The number of hydrogen-bond acceptors (Lipinski definition) is 4. The number of aromatic carboxylic acids is 1. The number of ether oxygens (including phenoxy) is 1. The van der Waals surface area contributed by atoms with Crippen molar-refractivity contribution < 1.29 is 19.4 Å². The second-order valence-corrected chi connectivity index (χ2v) is 5.59. The van der Waals surface area contributed by atoms with E-state index in [9.17, 15) is 9.59 Å². The van der Waals surface area contributed by atoms with Gasteiger partial charge in [0.2, 0.25) is 0 Å². The van der Waals surface area contributed by atoms with Gasteiger partial charge >= 0.3 is 5.97 Å². The summed E-state index contributed by atoms with van der Waals surface area (Å²) in [6.07, 6.45) is 3.28. The van der Waals surface area contributed by atoms with Gasteiger partial charge in [-0.1, -0.05) is 12.1 Å². The van der Waals surface area contributed by atoms with E-state index < -0.39 is 5.97 Å². The molecule has 0 unspecified atom stereocenters. The normalized spacial score (nSPS) is 10.7. The highest BCUT2D eigenvalue weighted by Gasteiger charge is 2.07. The largest absolute Gasteiger partial charge is 0.497 e. The smallest absolute Gasteiger partial charge is 0.335 e. The summed E-state index contributed by atoms with van der Waals surface area (Å²) < 4.78 is 6.87. The minimum Gasteiger partial charge on any atom is -0.497 e. The van der Waals surface area contributed by atoms with Gasteiger partial charge < -0.3 is 14.4 Å². The SMILES string of the molecule is COc1cccc(C(=O)N/N=C\c2cccn2-c2cccc(C(=O)O)c2)c1. The molecule has 0 saturated heterocycles. The van der Waals surface area contributed by atoms with Crippen LogP contribution in [0.25, 0.3) is 5.69 Å². The van der Waals surface area contributed by atoms with Crippen LogP contribution in [0.3, 0.4) is 0 Å². The summed E-state index contributed by atoms with van der Waals surface area (Å²) in [6, 6.07) is 16.9. The number of hydrazone groups is 1. The average molecular weight is 363 g/mol. The lowest BCUT2D eigenvalue weighted by Gasteiger charge is -2.07. The van der Waals surface area contributed by atoms with Gasteiger partial charge in [0.15, 0.2) is 0 Å². The number of carboxylic acids is 1. The molecule has 0 atom stereocenters. The van der Waals surface area contributed by atoms with E-state index in [0.29, 0.717) is 22.7 Å². The highest BCUT2D eigenvalue weighted by atomic mass is 16.5. The van der Waals surface area contributed by atoms with Crippen molar-refractivity contribution in [2.45, 2.75) is 0 Å². The van der Waals surface area contributed by atoms with Gasteiger partial charge in [-0.3, -0.25) is 4.79 Å². The molecule has 7 heteroatoms. The van der Waals surface area contributed by atoms with Crippen LogP contribution in [0.15, 0.2) is 72.0 Å². The van der Waals surface area contributed by atoms with Crippen molar-refractivity contribution >= 4 is 18.1 Å². The molecule has 0 saturated carbocycles. The van der Waals surface area contributed by atoms with Gasteiger partial charge in [-0.05, 0) is 48.5 Å². The molecule has 1 aromatic heterocycles. The monoisotopic (exact) mass is 363 g/mol. The molecule has 136 valence electrons. The molecule has 3 rings (SSSR count). The number of carbonyl (C=O) groups excluding carboxylic acids is 1. The third-order valence-electron chi connectivity index (χ3n) is 3.85. The topological polar surface area (TPSA) is 92.9 Å². The second kappa shape index (κ2) is 8.01. The van der Waals surface area contributed by atoms with Crippen molar-refractivity contribution in [1.29, 1.82) is 0 Å². The van der Waals surface area contributed by atoms with Crippen molar-refractivity contribution in [2.24, 2.45) is 5.10 Å². The molecule has 0 aliphatic heterocycles. The number of rotatable bonds is 6. The Hall–Kier alpha value is -3.87. The van der Waals surface area contributed by atoms with Crippen LogP contribution in [0.5, 0.6) is 5.75 Å². The average Bonchev–Trinajstić information content (AvgIpc) is 3.16. The first kappa shape index (κ1) is 17.9. The van der Waals surface area contributed by atoms with E-state index >= 15 is 0 Å². The lowest BCUT2D eigenvalue weighted by atomic mass is 10.2. The molecular formula is C20H17N3O4. The van der Waals surface area contributed by atoms with Crippen molar-refractivity contribution in [3.63, 3.8) is 0 Å². The Morgan fingerprint density at radius 3 is 2.63 bits per heavy atom. The van der Waals surface area contributed by atoms with Crippen molar-refractivity contribution in [3.05, 3.63) is 83.7 Å². The third kappa shape index (κ3) is 4.21. The lowest BCUT2D eigenvalue weighted by Crippen LogP contribution is -2.17. The van der Waals surface area contributed by atoms with E-state index in [0.717, 1.165) is 0 Å². The number of amides is 1. The summed E-state index contributed by atoms with van der Waals surface area (Å²) in [5.41, 5.74) is 4.45. The van der Waals surface area contributed by atoms with E-state index in [-0.39, 0.29) is 11.5 Å². The maximum absolute atomic E-state index is 12.2. The molecule has 2 N–H and O–H groups in total. The predicted octanol–water partition coefficient (Wildman–Crippen LogP) is 2.95. The van der Waals surface area contributed by atoms with Gasteiger partial charge in [0.05, 0.1) is 24.6 Å². The van der Waals surface area contributed by atoms with Crippen LogP contribution in [0.1, 0.15) is 26.4 Å². The zero-order valence-electron chi connectivity index (χ0n) is 14.5. The molecule has 1 amide bonds. The highest BCUT2D eigenvalue weighted by Crippen LogP contribution is 2.14. The van der Waals surface area contributed by atoms with Crippen LogP contribution < -0.4 is 10.2 Å². The van der Waals surface area contributed by atoms with Crippen LogP contribution in [-0.2, 0) is 0 Å². The van der Waals surface area contributed by atoms with Crippen LogP contribution in [0, 0.1) is 0 Å². The molecule has 1 heterocycles. The summed E-state index contributed by atoms with van der Waals surface area (Å²) in [6.45, 7) is 0. The molecule has 0 radical (unpaired) electrons. The molecule has 0 aliphatic carbocycles. The van der Waals surface area contributed by atoms with Gasteiger partial charge in [-0.15, -0.1) is 0 Å². The maximum atomic E-state index is 12.2. The van der Waals surface area contributed by atoms with E-state index in [1.807, 2.05) is 0 Å². The number of methoxy groups -OCH3 is 1. The number of carbonyl (C=O) groups is 2. The fourth-order valence-electron chi connectivity index (χ4n) is 2.51. The lowest BCUT2D eigenvalue weighted by molar-refractivity contribution is 0.0696. The fourth-order valence-corrected chi connectivity index (χ4v) is 2.51. The molecule has 0 fully saturated rings. The zero-order valence-corrected chi connectivity index (χ0v) is 14.5. The molecule has 0 bridgehead atoms. The summed E-state index contributed by atoms with van der Waals surface area (Å²) in [7, 11) is 1.53. The number of nitrogens with zero attached hydrogens (tertiary/aromatic N) is 2. The first-order valence-electron chi connectivity index (χ1n) is 8.07. The molecule has 2 aromatic carbocycles. The predicted molar refractivity (Wildman–Crippen MR) is 101 cm³/mol. The number of aromatic nitrogens is 1. The number of nitrogens with one attached hydrogen (secondary N) is 1. The first-order valence-corrected chi connectivity index (χ1v) is 8.07. The van der Waals surface area contributed by atoms with E-state index in [1.165, 1.54) is 19.4 Å². The third-order valence-corrected chi connectivity index (χ3v) is 3.85. The molecule has 3 aromatic rings. The van der Waals surface area contributed by atoms with Crippen LogP contribution in [0.4, 0.5) is 0 Å². The Balaban J connectivity index is 1.75. The Kier molecular flexibility index (Phi) is 5.32. The minimum atomic E-state index is -0.996. The minimum absolute atomic E-state index is 0.190. The van der Waals surface area contributed by atoms with Crippen LogP contribution in [0.2, 0.25) is 0 Å². The summed E-state index contributed by atoms with van der Waals surface area (Å²) in [5, 5.41) is 13.1. The summed E-state index contributed by atoms with van der Waals surface area (Å²) >= 11 is 0. The first-order chi connectivity index (χ1) is 13.1. The van der Waals surface area contributed by atoms with Crippen molar-refractivity contribution in [1.82, 2.24) is 9.99 Å². The molecule has 0 spiro atoms.